The summed E-state index contributed by atoms with van der Waals surface area (Å²) >= 11 is 3.38. The molecule has 1 aliphatic rings. The van der Waals surface area contributed by atoms with Gasteiger partial charge in [0.1, 0.15) is 9.84 Å². The molecule has 3 unspecified atom stereocenters. The molecule has 4 nitrogen and oxygen atoms in total. The zero-order valence-electron chi connectivity index (χ0n) is 10.8. The van der Waals surface area contributed by atoms with Crippen molar-refractivity contribution in [3.05, 3.63) is 28.5 Å². The van der Waals surface area contributed by atoms with Crippen LogP contribution in [0.25, 0.3) is 0 Å². The molecule has 1 N–H and O–H groups in total. The van der Waals surface area contributed by atoms with Crippen LogP contribution in [0.15, 0.2) is 22.8 Å². The minimum atomic E-state index is -3.03. The molecule has 2 rings (SSSR count). The van der Waals surface area contributed by atoms with E-state index in [1.165, 1.54) is 6.26 Å². The smallest absolute Gasteiger partial charge is 0.150 e. The molecule has 1 aliphatic carbocycles. The highest BCUT2D eigenvalue weighted by atomic mass is 79.9. The standard InChI is InChI=1S/C13H18BrNO3S/c1-19(17,18)10-5-2-4-9(8-10)13(16)12-11(14)6-3-7-15-12/h3,6-7,9-10,13,16H,2,4-5,8H2,1H3. The third kappa shape index (κ3) is 3.55. The van der Waals surface area contributed by atoms with E-state index in [0.717, 1.165) is 17.3 Å². The molecule has 1 heterocycles. The molecule has 19 heavy (non-hydrogen) atoms. The first kappa shape index (κ1) is 14.9. The second-order valence-corrected chi connectivity index (χ2v) is 8.37. The largest absolute Gasteiger partial charge is 0.386 e. The highest BCUT2D eigenvalue weighted by molar-refractivity contribution is 9.10. The Balaban J connectivity index is 2.16. The predicted molar refractivity (Wildman–Crippen MR) is 77.5 cm³/mol. The first-order valence-electron chi connectivity index (χ1n) is 6.37. The van der Waals surface area contributed by atoms with Crippen molar-refractivity contribution < 1.29 is 13.5 Å². The summed E-state index contributed by atoms with van der Waals surface area (Å²) in [6.45, 7) is 0. The van der Waals surface area contributed by atoms with Crippen molar-refractivity contribution in [2.45, 2.75) is 37.0 Å². The lowest BCUT2D eigenvalue weighted by Gasteiger charge is -2.31. The molecular weight excluding hydrogens is 330 g/mol. The number of nitrogens with zero attached hydrogens (tertiary/aromatic N) is 1. The van der Waals surface area contributed by atoms with E-state index in [-0.39, 0.29) is 11.2 Å². The van der Waals surface area contributed by atoms with Crippen LogP contribution >= 0.6 is 15.9 Å². The van der Waals surface area contributed by atoms with Crippen LogP contribution in [0.4, 0.5) is 0 Å². The maximum atomic E-state index is 11.7. The normalized spacial score (nSPS) is 26.1. The van der Waals surface area contributed by atoms with Crippen molar-refractivity contribution >= 4 is 25.8 Å². The molecule has 0 saturated heterocycles. The highest BCUT2D eigenvalue weighted by Crippen LogP contribution is 2.37. The summed E-state index contributed by atoms with van der Waals surface area (Å²) in [4.78, 5) is 4.19. The predicted octanol–water partition coefficient (Wildman–Crippen LogP) is 2.48. The van der Waals surface area contributed by atoms with Gasteiger partial charge in [0.05, 0.1) is 17.0 Å². The summed E-state index contributed by atoms with van der Waals surface area (Å²) < 4.78 is 24.1. The van der Waals surface area contributed by atoms with Gasteiger partial charge in [-0.05, 0) is 53.2 Å². The van der Waals surface area contributed by atoms with Crippen LogP contribution in [0.2, 0.25) is 0 Å². The Kier molecular flexibility index (Phi) is 4.63. The van der Waals surface area contributed by atoms with Gasteiger partial charge in [0.15, 0.2) is 0 Å². The molecule has 0 aliphatic heterocycles. The van der Waals surface area contributed by atoms with E-state index >= 15 is 0 Å². The maximum Gasteiger partial charge on any atom is 0.150 e. The number of rotatable bonds is 3. The monoisotopic (exact) mass is 347 g/mol. The molecule has 1 aromatic rings. The molecule has 106 valence electrons. The van der Waals surface area contributed by atoms with E-state index in [9.17, 15) is 13.5 Å². The topological polar surface area (TPSA) is 67.3 Å². The first-order valence-corrected chi connectivity index (χ1v) is 9.11. The van der Waals surface area contributed by atoms with Crippen molar-refractivity contribution in [2.24, 2.45) is 5.92 Å². The van der Waals surface area contributed by atoms with Gasteiger partial charge in [-0.15, -0.1) is 0 Å². The van der Waals surface area contributed by atoms with E-state index in [4.69, 9.17) is 0 Å². The van der Waals surface area contributed by atoms with Gasteiger partial charge in [-0.3, -0.25) is 4.98 Å². The lowest BCUT2D eigenvalue weighted by molar-refractivity contribution is 0.0813. The summed E-state index contributed by atoms with van der Waals surface area (Å²) in [6, 6.07) is 3.63. The van der Waals surface area contributed by atoms with Gasteiger partial charge in [0, 0.05) is 16.9 Å². The number of hydrogen-bond acceptors (Lipinski definition) is 4. The number of hydrogen-bond donors (Lipinski definition) is 1. The number of aliphatic hydroxyl groups excluding tert-OH is 1. The average Bonchev–Trinajstić information content (AvgIpc) is 2.38. The van der Waals surface area contributed by atoms with Crippen molar-refractivity contribution in [3.63, 3.8) is 0 Å². The Morgan fingerprint density at radius 1 is 1.47 bits per heavy atom. The number of sulfone groups is 1. The Hall–Kier alpha value is -0.460. The summed E-state index contributed by atoms with van der Waals surface area (Å²) in [7, 11) is -3.03. The van der Waals surface area contributed by atoms with Crippen LogP contribution in [-0.2, 0) is 9.84 Å². The van der Waals surface area contributed by atoms with Crippen LogP contribution < -0.4 is 0 Å². The average molecular weight is 348 g/mol. The van der Waals surface area contributed by atoms with E-state index in [1.54, 1.807) is 12.3 Å². The zero-order valence-corrected chi connectivity index (χ0v) is 13.2. The Morgan fingerprint density at radius 3 is 2.84 bits per heavy atom. The zero-order chi connectivity index (χ0) is 14.0. The second kappa shape index (κ2) is 5.89. The quantitative estimate of drug-likeness (QED) is 0.911. The molecule has 6 heteroatoms. The minimum absolute atomic E-state index is 0.0420. The lowest BCUT2D eigenvalue weighted by Crippen LogP contribution is -2.30. The Bertz CT molecular complexity index is 547. The molecule has 1 fully saturated rings. The molecule has 0 amide bonds. The van der Waals surface area contributed by atoms with E-state index in [1.807, 2.05) is 6.07 Å². The first-order chi connectivity index (χ1) is 8.89. The summed E-state index contributed by atoms with van der Waals surface area (Å²) in [5.41, 5.74) is 0.599. The minimum Gasteiger partial charge on any atom is -0.386 e. The Labute approximate surface area is 122 Å². The van der Waals surface area contributed by atoms with Gasteiger partial charge in [0.2, 0.25) is 0 Å². The maximum absolute atomic E-state index is 11.7. The third-order valence-corrected chi connectivity index (χ3v) is 6.10. The van der Waals surface area contributed by atoms with Crippen LogP contribution in [0.5, 0.6) is 0 Å². The number of aliphatic hydroxyl groups is 1. The highest BCUT2D eigenvalue weighted by Gasteiger charge is 2.33. The van der Waals surface area contributed by atoms with Gasteiger partial charge in [0.25, 0.3) is 0 Å². The van der Waals surface area contributed by atoms with Gasteiger partial charge in [-0.2, -0.15) is 0 Å². The number of halogens is 1. The number of pyridine rings is 1. The van der Waals surface area contributed by atoms with Crippen LogP contribution in [-0.4, -0.2) is 30.0 Å². The van der Waals surface area contributed by atoms with Gasteiger partial charge in [-0.1, -0.05) is 6.42 Å². The Morgan fingerprint density at radius 2 is 2.21 bits per heavy atom. The van der Waals surface area contributed by atoms with Crippen molar-refractivity contribution in [2.75, 3.05) is 6.26 Å². The van der Waals surface area contributed by atoms with Gasteiger partial charge < -0.3 is 5.11 Å². The summed E-state index contributed by atoms with van der Waals surface area (Å²) in [5, 5.41) is 10.1. The molecular formula is C13H18BrNO3S. The van der Waals surface area contributed by atoms with Gasteiger partial charge >= 0.3 is 0 Å². The van der Waals surface area contributed by atoms with Crippen LogP contribution in [0.1, 0.15) is 37.5 Å². The SMILES string of the molecule is CS(=O)(=O)C1CCCC(C(O)c2ncccc2Br)C1. The fourth-order valence-corrected chi connectivity index (χ4v) is 4.38. The van der Waals surface area contributed by atoms with Gasteiger partial charge in [-0.25, -0.2) is 8.42 Å². The van der Waals surface area contributed by atoms with Crippen molar-refractivity contribution in [3.8, 4) is 0 Å². The molecule has 0 radical (unpaired) electrons. The van der Waals surface area contributed by atoms with Crippen LogP contribution in [0, 0.1) is 5.92 Å². The molecule has 3 atom stereocenters. The fraction of sp³-hybridized carbons (Fsp3) is 0.615. The molecule has 0 spiro atoms. The number of aromatic nitrogens is 1. The molecule has 0 aromatic carbocycles. The molecule has 0 bridgehead atoms. The van der Waals surface area contributed by atoms with E-state index < -0.39 is 15.9 Å². The summed E-state index contributed by atoms with van der Waals surface area (Å²) in [5.74, 6) is -0.0420. The second-order valence-electron chi connectivity index (χ2n) is 5.19. The third-order valence-electron chi connectivity index (χ3n) is 3.79. The van der Waals surface area contributed by atoms with Crippen molar-refractivity contribution in [1.82, 2.24) is 4.98 Å². The molecule has 1 aromatic heterocycles. The molecule has 1 saturated carbocycles. The summed E-state index contributed by atoms with van der Waals surface area (Å²) in [6.07, 6.45) is 5.11. The van der Waals surface area contributed by atoms with E-state index in [0.29, 0.717) is 18.5 Å². The fourth-order valence-electron chi connectivity index (χ4n) is 2.70. The van der Waals surface area contributed by atoms with E-state index in [2.05, 4.69) is 20.9 Å². The van der Waals surface area contributed by atoms with Crippen molar-refractivity contribution in [1.29, 1.82) is 0 Å². The lowest BCUT2D eigenvalue weighted by atomic mass is 9.83. The van der Waals surface area contributed by atoms with Crippen LogP contribution in [0.3, 0.4) is 0 Å².